The first-order valence-corrected chi connectivity index (χ1v) is 9.16. The van der Waals surface area contributed by atoms with E-state index in [1.165, 1.54) is 24.3 Å². The largest absolute Gasteiger partial charge is 0.322 e. The summed E-state index contributed by atoms with van der Waals surface area (Å²) in [5.74, 6) is -0.314. The number of anilines is 1. The normalized spacial score (nSPS) is 10.9. The van der Waals surface area contributed by atoms with E-state index >= 15 is 0 Å². The molecule has 0 aliphatic heterocycles. The number of nitriles is 1. The molecule has 0 aliphatic carbocycles. The van der Waals surface area contributed by atoms with Crippen molar-refractivity contribution in [3.05, 3.63) is 59.2 Å². The van der Waals surface area contributed by atoms with Crippen LogP contribution in [0.25, 0.3) is 0 Å². The number of rotatable bonds is 6. The second kappa shape index (κ2) is 7.92. The number of carbonyl (C=O) groups excluding carboxylic acids is 1. The van der Waals surface area contributed by atoms with Crippen molar-refractivity contribution in [3.8, 4) is 6.07 Å². The Morgan fingerprint density at radius 2 is 1.68 bits per heavy atom. The summed E-state index contributed by atoms with van der Waals surface area (Å²) in [4.78, 5) is 12.3. The van der Waals surface area contributed by atoms with Crippen LogP contribution >= 0.6 is 0 Å². The Hall–Kier alpha value is -2.69. The highest BCUT2D eigenvalue weighted by atomic mass is 32.2. The molecule has 0 aromatic heterocycles. The van der Waals surface area contributed by atoms with Crippen LogP contribution in [0.3, 0.4) is 0 Å². The minimum Gasteiger partial charge on any atom is -0.322 e. The topological polar surface area (TPSA) is 99.1 Å². The maximum atomic E-state index is 12.3. The van der Waals surface area contributed by atoms with Crippen molar-refractivity contribution in [2.45, 2.75) is 25.2 Å². The Morgan fingerprint density at radius 3 is 2.24 bits per heavy atom. The fourth-order valence-corrected chi connectivity index (χ4v) is 3.39. The number of hydrogen-bond acceptors (Lipinski definition) is 4. The lowest BCUT2D eigenvalue weighted by molar-refractivity contribution is 0.102. The molecule has 0 spiro atoms. The van der Waals surface area contributed by atoms with Crippen molar-refractivity contribution in [2.24, 2.45) is 0 Å². The second-order valence-electron chi connectivity index (χ2n) is 5.66. The van der Waals surface area contributed by atoms with E-state index in [0.29, 0.717) is 11.3 Å². The summed E-state index contributed by atoms with van der Waals surface area (Å²) >= 11 is 0. The van der Waals surface area contributed by atoms with Crippen molar-refractivity contribution in [2.75, 3.05) is 11.9 Å². The lowest BCUT2D eigenvalue weighted by atomic mass is 10.1. The quantitative estimate of drug-likeness (QED) is 0.777. The standard InChI is InChI=1S/C18H19N3O3S/c1-13-10-14(2)12-16(11-13)21-18(22)15-4-6-17(7-5-15)25(23,24)20-9-3-8-19/h4-7,10-12,20H,3,9H2,1-2H3,(H,21,22). The van der Waals surface area contributed by atoms with Crippen LogP contribution in [0.5, 0.6) is 0 Å². The summed E-state index contributed by atoms with van der Waals surface area (Å²) in [5.41, 5.74) is 3.13. The maximum Gasteiger partial charge on any atom is 0.255 e. The van der Waals surface area contributed by atoms with E-state index in [0.717, 1.165) is 11.1 Å². The first kappa shape index (κ1) is 18.6. The van der Waals surface area contributed by atoms with Crippen LogP contribution < -0.4 is 10.0 Å². The molecule has 1 amide bonds. The molecule has 7 heteroatoms. The Balaban J connectivity index is 2.11. The third-order valence-corrected chi connectivity index (χ3v) is 4.91. The molecule has 0 unspecified atom stereocenters. The van der Waals surface area contributed by atoms with Gasteiger partial charge in [0.2, 0.25) is 10.0 Å². The zero-order chi connectivity index (χ0) is 18.4. The Morgan fingerprint density at radius 1 is 1.08 bits per heavy atom. The summed E-state index contributed by atoms with van der Waals surface area (Å²) in [7, 11) is -3.68. The van der Waals surface area contributed by atoms with Gasteiger partial charge in [0.25, 0.3) is 5.91 Å². The molecule has 0 bridgehead atoms. The van der Waals surface area contributed by atoms with Crippen molar-refractivity contribution in [1.29, 1.82) is 5.26 Å². The van der Waals surface area contributed by atoms with E-state index < -0.39 is 10.0 Å². The Kier molecular flexibility index (Phi) is 5.91. The van der Waals surface area contributed by atoms with Gasteiger partial charge in [-0.25, -0.2) is 13.1 Å². The van der Waals surface area contributed by atoms with Gasteiger partial charge in [-0.2, -0.15) is 5.26 Å². The SMILES string of the molecule is Cc1cc(C)cc(NC(=O)c2ccc(S(=O)(=O)NCCC#N)cc2)c1. The zero-order valence-electron chi connectivity index (χ0n) is 14.0. The van der Waals surface area contributed by atoms with Gasteiger partial charge >= 0.3 is 0 Å². The number of amides is 1. The van der Waals surface area contributed by atoms with E-state index in [9.17, 15) is 13.2 Å². The molecule has 25 heavy (non-hydrogen) atoms. The summed E-state index contributed by atoms with van der Waals surface area (Å²) in [6.07, 6.45) is 0.0929. The average molecular weight is 357 g/mol. The van der Waals surface area contributed by atoms with Crippen molar-refractivity contribution in [3.63, 3.8) is 0 Å². The fraction of sp³-hybridized carbons (Fsp3) is 0.222. The number of hydrogen-bond donors (Lipinski definition) is 2. The number of nitrogens with zero attached hydrogens (tertiary/aromatic N) is 1. The van der Waals surface area contributed by atoms with E-state index in [1.807, 2.05) is 38.1 Å². The third kappa shape index (κ3) is 5.14. The summed E-state index contributed by atoms with van der Waals surface area (Å²) in [5, 5.41) is 11.3. The molecule has 0 fully saturated rings. The molecule has 2 aromatic carbocycles. The lowest BCUT2D eigenvalue weighted by Gasteiger charge is -2.09. The number of sulfonamides is 1. The molecule has 0 radical (unpaired) electrons. The molecular weight excluding hydrogens is 338 g/mol. The van der Waals surface area contributed by atoms with Gasteiger partial charge in [-0.05, 0) is 61.4 Å². The molecule has 0 saturated heterocycles. The van der Waals surface area contributed by atoms with Crippen LogP contribution in [0, 0.1) is 25.2 Å². The summed E-state index contributed by atoms with van der Waals surface area (Å²) < 4.78 is 26.4. The number of carbonyl (C=O) groups is 1. The van der Waals surface area contributed by atoms with E-state index in [-0.39, 0.29) is 23.8 Å². The number of nitrogens with one attached hydrogen (secondary N) is 2. The predicted octanol–water partition coefficient (Wildman–Crippen LogP) is 2.75. The van der Waals surface area contributed by atoms with Gasteiger partial charge in [-0.15, -0.1) is 0 Å². The van der Waals surface area contributed by atoms with Crippen LogP contribution in [0.1, 0.15) is 27.9 Å². The Labute approximate surface area is 147 Å². The van der Waals surface area contributed by atoms with Gasteiger partial charge in [0.05, 0.1) is 11.0 Å². The highest BCUT2D eigenvalue weighted by molar-refractivity contribution is 7.89. The van der Waals surface area contributed by atoms with Crippen molar-refractivity contribution >= 4 is 21.6 Å². The highest BCUT2D eigenvalue weighted by Gasteiger charge is 2.14. The molecule has 2 rings (SSSR count). The van der Waals surface area contributed by atoms with Crippen molar-refractivity contribution < 1.29 is 13.2 Å². The van der Waals surface area contributed by atoms with Gasteiger partial charge in [-0.1, -0.05) is 6.07 Å². The van der Waals surface area contributed by atoms with Crippen LogP contribution in [-0.2, 0) is 10.0 Å². The Bertz CT molecular complexity index is 893. The first-order valence-electron chi connectivity index (χ1n) is 7.68. The van der Waals surface area contributed by atoms with Crippen LogP contribution in [0.2, 0.25) is 0 Å². The van der Waals surface area contributed by atoms with Gasteiger partial charge in [-0.3, -0.25) is 4.79 Å². The molecule has 0 heterocycles. The van der Waals surface area contributed by atoms with Gasteiger partial charge < -0.3 is 5.32 Å². The monoisotopic (exact) mass is 357 g/mol. The van der Waals surface area contributed by atoms with E-state index in [1.54, 1.807) is 0 Å². The van der Waals surface area contributed by atoms with E-state index in [2.05, 4.69) is 10.0 Å². The van der Waals surface area contributed by atoms with E-state index in [4.69, 9.17) is 5.26 Å². The third-order valence-electron chi connectivity index (χ3n) is 3.44. The van der Waals surface area contributed by atoms with Crippen LogP contribution in [0.4, 0.5) is 5.69 Å². The molecule has 0 saturated carbocycles. The molecule has 2 aromatic rings. The van der Waals surface area contributed by atoms with Crippen LogP contribution in [0.15, 0.2) is 47.4 Å². The second-order valence-corrected chi connectivity index (χ2v) is 7.43. The number of aryl methyl sites for hydroxylation is 2. The summed E-state index contributed by atoms with van der Waals surface area (Å²) in [6, 6.07) is 13.2. The minimum atomic E-state index is -3.68. The minimum absolute atomic E-state index is 0.0494. The lowest BCUT2D eigenvalue weighted by Crippen LogP contribution is -2.24. The van der Waals surface area contributed by atoms with Gasteiger partial charge in [0.1, 0.15) is 0 Å². The molecule has 0 atom stereocenters. The van der Waals surface area contributed by atoms with Gasteiger partial charge in [0.15, 0.2) is 0 Å². The molecular formula is C18H19N3O3S. The molecule has 2 N–H and O–H groups in total. The smallest absolute Gasteiger partial charge is 0.255 e. The van der Waals surface area contributed by atoms with Crippen molar-refractivity contribution in [1.82, 2.24) is 4.72 Å². The fourth-order valence-electron chi connectivity index (χ4n) is 2.36. The van der Waals surface area contributed by atoms with Crippen LogP contribution in [-0.4, -0.2) is 20.9 Å². The highest BCUT2D eigenvalue weighted by Crippen LogP contribution is 2.16. The predicted molar refractivity (Wildman–Crippen MR) is 95.7 cm³/mol. The number of benzene rings is 2. The summed E-state index contributed by atoms with van der Waals surface area (Å²) in [6.45, 7) is 3.94. The maximum absolute atomic E-state index is 12.3. The van der Waals surface area contributed by atoms with Gasteiger partial charge in [0, 0.05) is 24.2 Å². The first-order chi connectivity index (χ1) is 11.8. The average Bonchev–Trinajstić information content (AvgIpc) is 2.54. The molecule has 130 valence electrons. The molecule has 0 aliphatic rings. The zero-order valence-corrected chi connectivity index (χ0v) is 14.9. The molecule has 6 nitrogen and oxygen atoms in total.